The number of alkyl halides is 3. The first-order valence-corrected chi connectivity index (χ1v) is 6.34. The van der Waals surface area contributed by atoms with Crippen LogP contribution < -0.4 is 0 Å². The lowest BCUT2D eigenvalue weighted by Gasteiger charge is -2.26. The van der Waals surface area contributed by atoms with Gasteiger partial charge in [0.25, 0.3) is 0 Å². The molecule has 1 aromatic carbocycles. The topological polar surface area (TPSA) is 40.5 Å². The molecule has 1 aliphatic rings. The van der Waals surface area contributed by atoms with Crippen molar-refractivity contribution in [1.29, 1.82) is 0 Å². The van der Waals surface area contributed by atoms with Crippen LogP contribution >= 0.6 is 0 Å². The highest BCUT2D eigenvalue weighted by Crippen LogP contribution is 2.37. The van der Waals surface area contributed by atoms with Crippen molar-refractivity contribution in [2.24, 2.45) is 0 Å². The second-order valence-corrected chi connectivity index (χ2v) is 5.20. The monoisotopic (exact) mass is 287 g/mol. The highest BCUT2D eigenvalue weighted by Gasteiger charge is 2.57. The molecule has 1 amide bonds. The van der Waals surface area contributed by atoms with Crippen LogP contribution in [0, 0.1) is 6.92 Å². The number of hydrogen-bond acceptors (Lipinski definition) is 2. The largest absolute Gasteiger partial charge is 0.419 e. The normalized spacial score (nSPS) is 23.1. The van der Waals surface area contributed by atoms with Crippen molar-refractivity contribution in [2.75, 3.05) is 13.1 Å². The third-order valence-corrected chi connectivity index (χ3v) is 3.73. The van der Waals surface area contributed by atoms with E-state index in [0.29, 0.717) is 0 Å². The number of benzene rings is 1. The Morgan fingerprint density at radius 3 is 2.60 bits per heavy atom. The molecule has 110 valence electrons. The van der Waals surface area contributed by atoms with E-state index in [4.69, 9.17) is 0 Å². The summed E-state index contributed by atoms with van der Waals surface area (Å²) in [4.78, 5) is 13.1. The molecular formula is C14H16F3NO2. The number of amides is 1. The number of aryl methyl sites for hydroxylation is 1. The van der Waals surface area contributed by atoms with Crippen molar-refractivity contribution < 1.29 is 23.1 Å². The van der Waals surface area contributed by atoms with E-state index in [1.54, 1.807) is 12.1 Å². The van der Waals surface area contributed by atoms with E-state index in [9.17, 15) is 23.1 Å². The highest BCUT2D eigenvalue weighted by molar-refractivity contribution is 5.79. The molecule has 0 aromatic heterocycles. The average molecular weight is 287 g/mol. The summed E-state index contributed by atoms with van der Waals surface area (Å²) >= 11 is 0. The summed E-state index contributed by atoms with van der Waals surface area (Å²) in [7, 11) is 0. The van der Waals surface area contributed by atoms with Gasteiger partial charge in [-0.2, -0.15) is 13.2 Å². The summed E-state index contributed by atoms with van der Waals surface area (Å²) in [6.45, 7) is 1.10. The number of β-amino-alcohol motifs (C(OH)–C–C–N with tert-alkyl or cyclic N) is 1. The van der Waals surface area contributed by atoms with Crippen molar-refractivity contribution in [3.05, 3.63) is 35.4 Å². The minimum absolute atomic E-state index is 0.0562. The Morgan fingerprint density at radius 2 is 2.05 bits per heavy atom. The molecule has 0 bridgehead atoms. The lowest BCUT2D eigenvalue weighted by molar-refractivity contribution is -0.253. The van der Waals surface area contributed by atoms with Crippen LogP contribution in [0.1, 0.15) is 17.5 Å². The van der Waals surface area contributed by atoms with Crippen molar-refractivity contribution >= 4 is 5.91 Å². The Balaban J connectivity index is 2.04. The molecule has 1 atom stereocenters. The molecule has 20 heavy (non-hydrogen) atoms. The van der Waals surface area contributed by atoms with E-state index in [1.807, 2.05) is 19.1 Å². The van der Waals surface area contributed by atoms with Crippen LogP contribution in [0.3, 0.4) is 0 Å². The maximum absolute atomic E-state index is 12.7. The molecule has 1 fully saturated rings. The SMILES string of the molecule is Cc1ccccc1CC(=O)N1CCC(O)(C(F)(F)F)C1. The molecule has 1 aromatic rings. The Kier molecular flexibility index (Phi) is 3.77. The first kappa shape index (κ1) is 14.8. The number of carbonyl (C=O) groups is 1. The van der Waals surface area contributed by atoms with Crippen LogP contribution in [-0.4, -0.2) is 40.8 Å². The van der Waals surface area contributed by atoms with Gasteiger partial charge in [-0.25, -0.2) is 0 Å². The van der Waals surface area contributed by atoms with Crippen molar-refractivity contribution in [3.63, 3.8) is 0 Å². The second-order valence-electron chi connectivity index (χ2n) is 5.20. The Morgan fingerprint density at radius 1 is 1.40 bits per heavy atom. The van der Waals surface area contributed by atoms with E-state index in [-0.39, 0.29) is 18.9 Å². The molecule has 1 aliphatic heterocycles. The van der Waals surface area contributed by atoms with Gasteiger partial charge in [-0.1, -0.05) is 24.3 Å². The van der Waals surface area contributed by atoms with Gasteiger partial charge in [0.05, 0.1) is 13.0 Å². The molecule has 2 rings (SSSR count). The minimum Gasteiger partial charge on any atom is -0.379 e. The van der Waals surface area contributed by atoms with E-state index >= 15 is 0 Å². The number of nitrogens with zero attached hydrogens (tertiary/aromatic N) is 1. The fourth-order valence-electron chi connectivity index (χ4n) is 2.32. The maximum Gasteiger partial charge on any atom is 0.419 e. The van der Waals surface area contributed by atoms with Gasteiger partial charge in [-0.3, -0.25) is 4.79 Å². The molecule has 1 unspecified atom stereocenters. The quantitative estimate of drug-likeness (QED) is 0.904. The molecule has 1 heterocycles. The van der Waals surface area contributed by atoms with Crippen LogP contribution in [0.2, 0.25) is 0 Å². The molecule has 6 heteroatoms. The van der Waals surface area contributed by atoms with Crippen molar-refractivity contribution in [1.82, 2.24) is 4.90 Å². The lowest BCUT2D eigenvalue weighted by atomic mass is 10.0. The first-order chi connectivity index (χ1) is 9.23. The van der Waals surface area contributed by atoms with Gasteiger partial charge in [0, 0.05) is 13.0 Å². The summed E-state index contributed by atoms with van der Waals surface area (Å²) in [6, 6.07) is 7.24. The smallest absolute Gasteiger partial charge is 0.379 e. The van der Waals surface area contributed by atoms with Crippen LogP contribution in [0.15, 0.2) is 24.3 Å². The second kappa shape index (κ2) is 5.09. The minimum atomic E-state index is -4.70. The molecular weight excluding hydrogens is 271 g/mol. The summed E-state index contributed by atoms with van der Waals surface area (Å²) in [5.41, 5.74) is -1.06. The summed E-state index contributed by atoms with van der Waals surface area (Å²) in [6.07, 6.45) is -5.11. The summed E-state index contributed by atoms with van der Waals surface area (Å²) in [5, 5.41) is 9.55. The molecule has 0 spiro atoms. The molecule has 0 radical (unpaired) electrons. The summed E-state index contributed by atoms with van der Waals surface area (Å²) < 4.78 is 38.1. The number of aliphatic hydroxyl groups is 1. The number of likely N-dealkylation sites (tertiary alicyclic amines) is 1. The predicted octanol–water partition coefficient (Wildman–Crippen LogP) is 2.06. The molecule has 0 saturated carbocycles. The van der Waals surface area contributed by atoms with Crippen molar-refractivity contribution in [2.45, 2.75) is 31.5 Å². The number of carbonyl (C=O) groups excluding carboxylic acids is 1. The fraction of sp³-hybridized carbons (Fsp3) is 0.500. The molecule has 3 nitrogen and oxygen atoms in total. The van der Waals surface area contributed by atoms with Crippen LogP contribution in [0.25, 0.3) is 0 Å². The number of halogens is 3. The van der Waals surface area contributed by atoms with Gasteiger partial charge in [0.2, 0.25) is 5.91 Å². The van der Waals surface area contributed by atoms with E-state index < -0.39 is 24.7 Å². The maximum atomic E-state index is 12.7. The first-order valence-electron chi connectivity index (χ1n) is 6.34. The Bertz CT molecular complexity index is 515. The van der Waals surface area contributed by atoms with E-state index in [0.717, 1.165) is 16.0 Å². The third kappa shape index (κ3) is 2.80. The van der Waals surface area contributed by atoms with Gasteiger partial charge in [0.1, 0.15) is 0 Å². The lowest BCUT2D eigenvalue weighted by Crippen LogP contribution is -2.48. The van der Waals surface area contributed by atoms with Gasteiger partial charge in [0.15, 0.2) is 5.60 Å². The number of rotatable bonds is 2. The zero-order chi connectivity index (χ0) is 15.0. The van der Waals surface area contributed by atoms with Crippen LogP contribution in [-0.2, 0) is 11.2 Å². The summed E-state index contributed by atoms with van der Waals surface area (Å²) in [5.74, 6) is -0.389. The highest BCUT2D eigenvalue weighted by atomic mass is 19.4. The zero-order valence-corrected chi connectivity index (χ0v) is 11.1. The standard InChI is InChI=1S/C14H16F3NO2/c1-10-4-2-3-5-11(10)8-12(19)18-7-6-13(20,9-18)14(15,16)17/h2-5,20H,6-9H2,1H3. The van der Waals surface area contributed by atoms with Gasteiger partial charge >= 0.3 is 6.18 Å². The van der Waals surface area contributed by atoms with Crippen molar-refractivity contribution in [3.8, 4) is 0 Å². The molecule has 1 N–H and O–H groups in total. The predicted molar refractivity (Wildman–Crippen MR) is 67.1 cm³/mol. The van der Waals surface area contributed by atoms with Gasteiger partial charge < -0.3 is 10.0 Å². The average Bonchev–Trinajstić information content (AvgIpc) is 2.76. The van der Waals surface area contributed by atoms with Crippen LogP contribution in [0.4, 0.5) is 13.2 Å². The fourth-order valence-corrected chi connectivity index (χ4v) is 2.32. The Labute approximate surface area is 115 Å². The van der Waals surface area contributed by atoms with E-state index in [1.165, 1.54) is 0 Å². The zero-order valence-electron chi connectivity index (χ0n) is 11.1. The molecule has 1 saturated heterocycles. The van der Waals surface area contributed by atoms with E-state index in [2.05, 4.69) is 0 Å². The van der Waals surface area contributed by atoms with Gasteiger partial charge in [-0.15, -0.1) is 0 Å². The number of hydrogen-bond donors (Lipinski definition) is 1. The van der Waals surface area contributed by atoms with Crippen LogP contribution in [0.5, 0.6) is 0 Å². The third-order valence-electron chi connectivity index (χ3n) is 3.73. The molecule has 0 aliphatic carbocycles. The Hall–Kier alpha value is -1.56. The van der Waals surface area contributed by atoms with Gasteiger partial charge in [-0.05, 0) is 18.1 Å².